The molecular weight excluding hydrogens is 216 g/mol. The summed E-state index contributed by atoms with van der Waals surface area (Å²) in [7, 11) is 0. The first-order valence-electron chi connectivity index (χ1n) is 6.79. The summed E-state index contributed by atoms with van der Waals surface area (Å²) in [5.74, 6) is -2.59. The molecule has 3 heteroatoms. The van der Waals surface area contributed by atoms with Gasteiger partial charge in [-0.15, -0.1) is 0 Å². The quantitative estimate of drug-likeness (QED) is 0.297. The molecule has 3 nitrogen and oxygen atoms in total. The summed E-state index contributed by atoms with van der Waals surface area (Å²) in [6.07, 6.45) is 10.6. The maximum Gasteiger partial charge on any atom is 0.279 e. The van der Waals surface area contributed by atoms with Gasteiger partial charge in [-0.2, -0.15) is 0 Å². The summed E-state index contributed by atoms with van der Waals surface area (Å²) >= 11 is 0. The van der Waals surface area contributed by atoms with E-state index in [1.54, 1.807) is 0 Å². The van der Waals surface area contributed by atoms with Crippen molar-refractivity contribution in [2.45, 2.75) is 77.1 Å². The number of rotatable bonds is 11. The van der Waals surface area contributed by atoms with E-state index in [1.807, 2.05) is 0 Å². The van der Waals surface area contributed by atoms with Gasteiger partial charge in [0, 0.05) is 6.42 Å². The second-order valence-electron chi connectivity index (χ2n) is 4.93. The molecule has 0 aromatic heterocycles. The van der Waals surface area contributed by atoms with Gasteiger partial charge in [0.05, 0.1) is 0 Å². The predicted molar refractivity (Wildman–Crippen MR) is 70.4 cm³/mol. The fourth-order valence-corrected chi connectivity index (χ4v) is 1.93. The molecule has 0 aromatic carbocycles. The van der Waals surface area contributed by atoms with Gasteiger partial charge in [-0.1, -0.05) is 64.0 Å². The van der Waals surface area contributed by atoms with Crippen molar-refractivity contribution in [1.29, 1.82) is 0 Å². The van der Waals surface area contributed by atoms with Crippen molar-refractivity contribution in [3.8, 4) is 0 Å². The van der Waals surface area contributed by atoms with Gasteiger partial charge >= 0.3 is 0 Å². The Bertz CT molecular complexity index is 194. The van der Waals surface area contributed by atoms with Crippen LogP contribution in [0.2, 0.25) is 0 Å². The van der Waals surface area contributed by atoms with Crippen LogP contribution in [0.1, 0.15) is 71.1 Å². The minimum absolute atomic E-state index is 0.149. The molecule has 0 aliphatic rings. The Balaban J connectivity index is 3.25. The maximum atomic E-state index is 8.76. The molecule has 0 saturated heterocycles. The number of unbranched alkanes of at least 4 members (excludes halogenated alkanes) is 7. The molecule has 0 heterocycles. The zero-order chi connectivity index (χ0) is 13.1. The van der Waals surface area contributed by atoms with Crippen LogP contribution in [0.4, 0.5) is 0 Å². The van der Waals surface area contributed by atoms with Crippen molar-refractivity contribution in [3.63, 3.8) is 0 Å². The van der Waals surface area contributed by atoms with Crippen LogP contribution in [0, 0.1) is 0 Å². The van der Waals surface area contributed by atoms with Crippen molar-refractivity contribution in [2.75, 3.05) is 0 Å². The minimum atomic E-state index is -2.59. The van der Waals surface area contributed by atoms with Crippen molar-refractivity contribution in [2.24, 2.45) is 0 Å². The molecule has 0 amide bonds. The molecule has 0 aromatic rings. The SMILES string of the molecule is C=C(CCCCCCCCCC)CC(O)(O)O. The van der Waals surface area contributed by atoms with Crippen molar-refractivity contribution in [3.05, 3.63) is 12.2 Å². The Hall–Kier alpha value is -0.380. The van der Waals surface area contributed by atoms with Crippen molar-refractivity contribution in [1.82, 2.24) is 0 Å². The molecule has 0 aliphatic heterocycles. The van der Waals surface area contributed by atoms with E-state index in [1.165, 1.54) is 38.5 Å². The third-order valence-electron chi connectivity index (χ3n) is 2.87. The van der Waals surface area contributed by atoms with Crippen LogP contribution in [0.3, 0.4) is 0 Å². The van der Waals surface area contributed by atoms with Crippen molar-refractivity contribution >= 4 is 0 Å². The predicted octanol–water partition coefficient (Wildman–Crippen LogP) is 3.09. The largest absolute Gasteiger partial charge is 0.343 e. The number of aliphatic hydroxyl groups is 3. The standard InChI is InChI=1S/C14H28O3/c1-3-4-5-6-7-8-9-10-11-13(2)12-14(15,16)17/h15-17H,2-12H2,1H3. The number of hydrogen-bond acceptors (Lipinski definition) is 3. The Labute approximate surface area is 105 Å². The van der Waals surface area contributed by atoms with E-state index in [2.05, 4.69) is 13.5 Å². The molecule has 0 unspecified atom stereocenters. The van der Waals surface area contributed by atoms with Crippen LogP contribution < -0.4 is 0 Å². The van der Waals surface area contributed by atoms with Gasteiger partial charge in [-0.05, 0) is 12.8 Å². The van der Waals surface area contributed by atoms with Crippen LogP contribution in [-0.2, 0) is 0 Å². The van der Waals surface area contributed by atoms with Crippen LogP contribution >= 0.6 is 0 Å². The highest BCUT2D eigenvalue weighted by molar-refractivity contribution is 4.95. The monoisotopic (exact) mass is 244 g/mol. The van der Waals surface area contributed by atoms with Gasteiger partial charge in [0.25, 0.3) is 5.97 Å². The summed E-state index contributed by atoms with van der Waals surface area (Å²) < 4.78 is 0. The fraction of sp³-hybridized carbons (Fsp3) is 0.857. The third-order valence-corrected chi connectivity index (χ3v) is 2.87. The first-order chi connectivity index (χ1) is 7.95. The molecule has 0 rings (SSSR count). The van der Waals surface area contributed by atoms with E-state index in [-0.39, 0.29) is 6.42 Å². The fourth-order valence-electron chi connectivity index (χ4n) is 1.93. The second kappa shape index (κ2) is 9.63. The summed E-state index contributed by atoms with van der Waals surface area (Å²) in [4.78, 5) is 0. The lowest BCUT2D eigenvalue weighted by atomic mass is 10.0. The summed E-state index contributed by atoms with van der Waals surface area (Å²) in [5, 5.41) is 26.3. The maximum absolute atomic E-state index is 8.76. The minimum Gasteiger partial charge on any atom is -0.343 e. The molecule has 0 spiro atoms. The average Bonchev–Trinajstić information content (AvgIpc) is 2.19. The zero-order valence-corrected chi connectivity index (χ0v) is 11.1. The first kappa shape index (κ1) is 16.6. The van der Waals surface area contributed by atoms with Gasteiger partial charge in [0.2, 0.25) is 0 Å². The zero-order valence-electron chi connectivity index (χ0n) is 11.1. The van der Waals surface area contributed by atoms with E-state index in [9.17, 15) is 0 Å². The van der Waals surface area contributed by atoms with Crippen LogP contribution in [0.15, 0.2) is 12.2 Å². The molecule has 0 atom stereocenters. The highest BCUT2D eigenvalue weighted by Gasteiger charge is 2.18. The molecule has 0 bridgehead atoms. The Morgan fingerprint density at radius 1 is 0.882 bits per heavy atom. The third kappa shape index (κ3) is 13.6. The molecule has 3 N–H and O–H groups in total. The summed E-state index contributed by atoms with van der Waals surface area (Å²) in [6.45, 7) is 5.94. The van der Waals surface area contributed by atoms with E-state index < -0.39 is 5.97 Å². The molecule has 0 fully saturated rings. The highest BCUT2D eigenvalue weighted by atomic mass is 16.7. The van der Waals surface area contributed by atoms with E-state index >= 15 is 0 Å². The normalized spacial score (nSPS) is 11.8. The van der Waals surface area contributed by atoms with Crippen LogP contribution in [0.25, 0.3) is 0 Å². The van der Waals surface area contributed by atoms with E-state index in [0.717, 1.165) is 19.3 Å². The van der Waals surface area contributed by atoms with Gasteiger partial charge in [0.15, 0.2) is 0 Å². The molecule has 0 aliphatic carbocycles. The van der Waals surface area contributed by atoms with Gasteiger partial charge < -0.3 is 15.3 Å². The molecular formula is C14H28O3. The van der Waals surface area contributed by atoms with Crippen LogP contribution in [0.5, 0.6) is 0 Å². The molecule has 0 saturated carbocycles. The average molecular weight is 244 g/mol. The Morgan fingerprint density at radius 2 is 1.35 bits per heavy atom. The Morgan fingerprint density at radius 3 is 1.82 bits per heavy atom. The van der Waals surface area contributed by atoms with E-state index in [4.69, 9.17) is 15.3 Å². The van der Waals surface area contributed by atoms with E-state index in [0.29, 0.717) is 5.57 Å². The molecule has 17 heavy (non-hydrogen) atoms. The second-order valence-corrected chi connectivity index (χ2v) is 4.93. The van der Waals surface area contributed by atoms with Crippen LogP contribution in [-0.4, -0.2) is 21.3 Å². The lowest BCUT2D eigenvalue weighted by Crippen LogP contribution is -2.27. The number of hydrogen-bond donors (Lipinski definition) is 3. The van der Waals surface area contributed by atoms with Gasteiger partial charge in [-0.25, -0.2) is 0 Å². The summed E-state index contributed by atoms with van der Waals surface area (Å²) in [5.41, 5.74) is 0.698. The highest BCUT2D eigenvalue weighted by Crippen LogP contribution is 2.17. The lowest BCUT2D eigenvalue weighted by molar-refractivity contribution is -0.309. The first-order valence-corrected chi connectivity index (χ1v) is 6.79. The van der Waals surface area contributed by atoms with Crippen molar-refractivity contribution < 1.29 is 15.3 Å². The molecule has 0 radical (unpaired) electrons. The lowest BCUT2D eigenvalue weighted by Gasteiger charge is -2.15. The summed E-state index contributed by atoms with van der Waals surface area (Å²) in [6, 6.07) is 0. The topological polar surface area (TPSA) is 60.7 Å². The van der Waals surface area contributed by atoms with Gasteiger partial charge in [-0.3, -0.25) is 0 Å². The molecule has 102 valence electrons. The smallest absolute Gasteiger partial charge is 0.279 e. The van der Waals surface area contributed by atoms with Gasteiger partial charge in [0.1, 0.15) is 0 Å². The Kier molecular flexibility index (Phi) is 9.41.